The van der Waals surface area contributed by atoms with E-state index in [9.17, 15) is 14.4 Å². The van der Waals surface area contributed by atoms with Crippen molar-refractivity contribution in [2.45, 2.75) is 70.6 Å². The molecule has 2 amide bonds. The first-order valence-corrected chi connectivity index (χ1v) is 12.3. The molecular formula is C25H36N4O3. The second-order valence-corrected chi connectivity index (χ2v) is 9.91. The Morgan fingerprint density at radius 3 is 2.50 bits per heavy atom. The molecule has 7 heteroatoms. The van der Waals surface area contributed by atoms with Gasteiger partial charge in [-0.1, -0.05) is 26.0 Å². The lowest BCUT2D eigenvalue weighted by atomic mass is 9.89. The highest BCUT2D eigenvalue weighted by atomic mass is 16.2. The third kappa shape index (κ3) is 5.13. The fourth-order valence-corrected chi connectivity index (χ4v) is 5.33. The molecule has 1 aliphatic carbocycles. The van der Waals surface area contributed by atoms with E-state index in [0.29, 0.717) is 19.6 Å². The van der Waals surface area contributed by atoms with Crippen molar-refractivity contribution in [3.63, 3.8) is 0 Å². The summed E-state index contributed by atoms with van der Waals surface area (Å²) < 4.78 is 0. The summed E-state index contributed by atoms with van der Waals surface area (Å²) in [5, 5.41) is 0. The Morgan fingerprint density at radius 1 is 1.03 bits per heavy atom. The van der Waals surface area contributed by atoms with Crippen molar-refractivity contribution >= 4 is 11.8 Å². The van der Waals surface area contributed by atoms with Crippen LogP contribution in [-0.4, -0.2) is 57.8 Å². The molecule has 1 aromatic heterocycles. The van der Waals surface area contributed by atoms with Crippen LogP contribution in [0.1, 0.15) is 82.1 Å². The Hall–Kier alpha value is -2.44. The van der Waals surface area contributed by atoms with Gasteiger partial charge in [-0.2, -0.15) is 0 Å². The molecule has 2 unspecified atom stereocenters. The summed E-state index contributed by atoms with van der Waals surface area (Å²) in [5.74, 6) is 1.56. The number of piperidine rings is 2. The average molecular weight is 441 g/mol. The second-order valence-electron chi connectivity index (χ2n) is 9.91. The quantitative estimate of drug-likeness (QED) is 0.729. The Kier molecular flexibility index (Phi) is 7.11. The maximum Gasteiger partial charge on any atom is 0.251 e. The van der Waals surface area contributed by atoms with Gasteiger partial charge in [0.2, 0.25) is 11.8 Å². The highest BCUT2D eigenvalue weighted by molar-refractivity contribution is 5.79. The topological polar surface area (TPSA) is 86.4 Å². The van der Waals surface area contributed by atoms with Gasteiger partial charge in [-0.25, -0.2) is 4.98 Å². The summed E-state index contributed by atoms with van der Waals surface area (Å²) >= 11 is 0. The number of amides is 2. The maximum absolute atomic E-state index is 13.0. The van der Waals surface area contributed by atoms with Gasteiger partial charge in [0, 0.05) is 55.9 Å². The SMILES string of the molecule is CC(C)C(=O)N1CCC(c2nc(C3CCCN(C(=O)C4CC=CCC4)C3)cc(=O)[nH]2)CC1. The van der Waals surface area contributed by atoms with Gasteiger partial charge in [0.15, 0.2) is 0 Å². The number of rotatable bonds is 4. The number of H-pyrrole nitrogens is 1. The molecule has 0 spiro atoms. The molecule has 3 aliphatic rings. The normalized spacial score (nSPS) is 24.7. The first kappa shape index (κ1) is 22.7. The number of hydrogen-bond acceptors (Lipinski definition) is 4. The lowest BCUT2D eigenvalue weighted by Gasteiger charge is -2.35. The van der Waals surface area contributed by atoms with Crippen LogP contribution in [0, 0.1) is 11.8 Å². The van der Waals surface area contributed by atoms with E-state index < -0.39 is 0 Å². The minimum Gasteiger partial charge on any atom is -0.342 e. The van der Waals surface area contributed by atoms with Crippen molar-refractivity contribution < 1.29 is 9.59 Å². The first-order chi connectivity index (χ1) is 15.4. The Balaban J connectivity index is 1.43. The lowest BCUT2D eigenvalue weighted by molar-refractivity contribution is -0.137. The maximum atomic E-state index is 13.0. The number of aromatic nitrogens is 2. The molecule has 2 atom stereocenters. The number of allylic oxidation sites excluding steroid dienone is 2. The Bertz CT molecular complexity index is 914. The minimum absolute atomic E-state index is 0.00870. The first-order valence-electron chi connectivity index (χ1n) is 12.3. The van der Waals surface area contributed by atoms with Crippen LogP contribution in [0.5, 0.6) is 0 Å². The molecule has 2 saturated heterocycles. The number of carbonyl (C=O) groups is 2. The van der Waals surface area contributed by atoms with Crippen LogP contribution in [0.2, 0.25) is 0 Å². The lowest BCUT2D eigenvalue weighted by Crippen LogP contribution is -2.43. The highest BCUT2D eigenvalue weighted by Crippen LogP contribution is 2.30. The van der Waals surface area contributed by atoms with Crippen molar-refractivity contribution in [2.24, 2.45) is 11.8 Å². The van der Waals surface area contributed by atoms with E-state index in [4.69, 9.17) is 4.98 Å². The Morgan fingerprint density at radius 2 is 1.81 bits per heavy atom. The van der Waals surface area contributed by atoms with Gasteiger partial charge in [0.1, 0.15) is 5.82 Å². The fraction of sp³-hybridized carbons (Fsp3) is 0.680. The van der Waals surface area contributed by atoms with E-state index in [2.05, 4.69) is 17.1 Å². The largest absolute Gasteiger partial charge is 0.342 e. The zero-order valence-electron chi connectivity index (χ0n) is 19.4. The van der Waals surface area contributed by atoms with E-state index in [1.54, 1.807) is 6.07 Å². The van der Waals surface area contributed by atoms with Crippen LogP contribution in [0.25, 0.3) is 0 Å². The predicted octanol–water partition coefficient (Wildman–Crippen LogP) is 3.19. The minimum atomic E-state index is -0.119. The monoisotopic (exact) mass is 440 g/mol. The molecule has 174 valence electrons. The predicted molar refractivity (Wildman–Crippen MR) is 123 cm³/mol. The van der Waals surface area contributed by atoms with Crippen molar-refractivity contribution in [2.75, 3.05) is 26.2 Å². The summed E-state index contributed by atoms with van der Waals surface area (Å²) in [6.45, 7) is 6.72. The molecule has 2 aliphatic heterocycles. The van der Waals surface area contributed by atoms with Crippen LogP contribution >= 0.6 is 0 Å². The molecule has 0 bridgehead atoms. The molecule has 2 fully saturated rings. The van der Waals surface area contributed by atoms with Crippen LogP contribution in [-0.2, 0) is 9.59 Å². The standard InChI is InChI=1S/C25H36N4O3/c1-17(2)24(31)28-13-10-18(11-14-28)23-26-21(15-22(30)27-23)20-9-6-12-29(16-20)25(32)19-7-4-3-5-8-19/h3-4,15,17-20H,5-14,16H2,1-2H3,(H,26,27,30). The van der Waals surface area contributed by atoms with Crippen LogP contribution in [0.15, 0.2) is 23.0 Å². The van der Waals surface area contributed by atoms with Gasteiger partial charge < -0.3 is 14.8 Å². The fourth-order valence-electron chi connectivity index (χ4n) is 5.33. The van der Waals surface area contributed by atoms with E-state index in [1.807, 2.05) is 23.6 Å². The van der Waals surface area contributed by atoms with Crippen LogP contribution < -0.4 is 5.56 Å². The molecule has 32 heavy (non-hydrogen) atoms. The van der Waals surface area contributed by atoms with Gasteiger partial charge in [0.25, 0.3) is 5.56 Å². The number of hydrogen-bond donors (Lipinski definition) is 1. The van der Waals surface area contributed by atoms with Gasteiger partial charge in [0.05, 0.1) is 5.69 Å². The Labute approximate surface area is 190 Å². The number of aromatic amines is 1. The van der Waals surface area contributed by atoms with E-state index in [1.165, 1.54) is 0 Å². The molecular weight excluding hydrogens is 404 g/mol. The van der Waals surface area contributed by atoms with E-state index >= 15 is 0 Å². The second kappa shape index (κ2) is 10.0. The summed E-state index contributed by atoms with van der Waals surface area (Å²) in [7, 11) is 0. The molecule has 4 rings (SSSR count). The van der Waals surface area contributed by atoms with Gasteiger partial charge >= 0.3 is 0 Å². The molecule has 1 N–H and O–H groups in total. The number of nitrogens with one attached hydrogen (secondary N) is 1. The van der Waals surface area contributed by atoms with Gasteiger partial charge in [-0.15, -0.1) is 0 Å². The molecule has 0 saturated carbocycles. The van der Waals surface area contributed by atoms with E-state index in [0.717, 1.165) is 63.0 Å². The summed E-state index contributed by atoms with van der Waals surface area (Å²) in [5.41, 5.74) is 0.692. The van der Waals surface area contributed by atoms with Crippen molar-refractivity contribution in [1.29, 1.82) is 0 Å². The van der Waals surface area contributed by atoms with Crippen molar-refractivity contribution in [3.05, 3.63) is 40.1 Å². The molecule has 3 heterocycles. The molecule has 7 nitrogen and oxygen atoms in total. The summed E-state index contributed by atoms with van der Waals surface area (Å²) in [6, 6.07) is 1.61. The summed E-state index contributed by atoms with van der Waals surface area (Å²) in [6.07, 6.45) is 10.6. The average Bonchev–Trinajstić information content (AvgIpc) is 2.83. The summed E-state index contributed by atoms with van der Waals surface area (Å²) in [4.78, 5) is 49.5. The highest BCUT2D eigenvalue weighted by Gasteiger charge is 2.31. The van der Waals surface area contributed by atoms with E-state index in [-0.39, 0.29) is 41.0 Å². The smallest absolute Gasteiger partial charge is 0.251 e. The van der Waals surface area contributed by atoms with Crippen LogP contribution in [0.4, 0.5) is 0 Å². The zero-order chi connectivity index (χ0) is 22.7. The van der Waals surface area contributed by atoms with Crippen LogP contribution in [0.3, 0.4) is 0 Å². The zero-order valence-corrected chi connectivity index (χ0v) is 19.4. The third-order valence-electron chi connectivity index (χ3n) is 7.24. The van der Waals surface area contributed by atoms with Crippen molar-refractivity contribution in [1.82, 2.24) is 19.8 Å². The molecule has 0 radical (unpaired) electrons. The third-order valence-corrected chi connectivity index (χ3v) is 7.24. The number of nitrogens with zero attached hydrogens (tertiary/aromatic N) is 3. The molecule has 0 aromatic carbocycles. The van der Waals surface area contributed by atoms with Crippen molar-refractivity contribution in [3.8, 4) is 0 Å². The van der Waals surface area contributed by atoms with Gasteiger partial charge in [-0.05, 0) is 44.9 Å². The number of carbonyl (C=O) groups excluding carboxylic acids is 2. The number of likely N-dealkylation sites (tertiary alicyclic amines) is 2. The van der Waals surface area contributed by atoms with Gasteiger partial charge in [-0.3, -0.25) is 14.4 Å². The molecule has 1 aromatic rings.